The molecule has 4 heteroatoms. The van der Waals surface area contributed by atoms with E-state index < -0.39 is 0 Å². The summed E-state index contributed by atoms with van der Waals surface area (Å²) in [5, 5.41) is 8.03. The predicted molar refractivity (Wildman–Crippen MR) is 108 cm³/mol. The van der Waals surface area contributed by atoms with E-state index in [1.807, 2.05) is 24.3 Å². The standard InChI is InChI=1S/C22H33N3O/c1-2-3-4-5-6-7-8-9-10-11-12-13-14-19-22(26)25-21-18-16-15-17-20(21)23-24-25/h4-5,15-18H,2-3,6-14,19H2,1H3/b5-4+. The van der Waals surface area contributed by atoms with Crippen molar-refractivity contribution >= 4 is 16.9 Å². The number of aromatic nitrogens is 3. The van der Waals surface area contributed by atoms with Gasteiger partial charge in [0, 0.05) is 6.42 Å². The number of allylic oxidation sites excluding steroid dienone is 2. The molecule has 0 aliphatic rings. The second-order valence-corrected chi connectivity index (χ2v) is 7.01. The third-order valence-corrected chi connectivity index (χ3v) is 4.72. The zero-order valence-electron chi connectivity index (χ0n) is 16.2. The molecule has 2 rings (SSSR count). The van der Waals surface area contributed by atoms with Crippen LogP contribution in [0, 0.1) is 0 Å². The highest BCUT2D eigenvalue weighted by Gasteiger charge is 2.10. The summed E-state index contributed by atoms with van der Waals surface area (Å²) in [6.07, 6.45) is 18.8. The molecule has 0 radical (unpaired) electrons. The van der Waals surface area contributed by atoms with Crippen LogP contribution < -0.4 is 0 Å². The van der Waals surface area contributed by atoms with Gasteiger partial charge in [-0.1, -0.05) is 81.4 Å². The molecule has 0 aliphatic carbocycles. The normalized spacial score (nSPS) is 11.6. The van der Waals surface area contributed by atoms with Gasteiger partial charge < -0.3 is 0 Å². The van der Waals surface area contributed by atoms with Crippen LogP contribution in [0.2, 0.25) is 0 Å². The highest BCUT2D eigenvalue weighted by atomic mass is 16.2. The van der Waals surface area contributed by atoms with Gasteiger partial charge in [0.2, 0.25) is 5.91 Å². The van der Waals surface area contributed by atoms with E-state index in [4.69, 9.17) is 0 Å². The monoisotopic (exact) mass is 355 g/mol. The average molecular weight is 356 g/mol. The Morgan fingerprint density at radius 1 is 0.923 bits per heavy atom. The number of unbranched alkanes of at least 4 members (excludes halogenated alkanes) is 9. The van der Waals surface area contributed by atoms with E-state index in [1.54, 1.807) is 0 Å². The van der Waals surface area contributed by atoms with Gasteiger partial charge in [-0.25, -0.2) is 0 Å². The van der Waals surface area contributed by atoms with Gasteiger partial charge in [0.15, 0.2) is 0 Å². The zero-order chi connectivity index (χ0) is 18.5. The molecule has 0 bridgehead atoms. The van der Waals surface area contributed by atoms with Gasteiger partial charge in [-0.05, 0) is 37.8 Å². The summed E-state index contributed by atoms with van der Waals surface area (Å²) in [5.74, 6) is 0.0508. The Labute approximate surface area is 157 Å². The largest absolute Gasteiger partial charge is 0.273 e. The zero-order valence-corrected chi connectivity index (χ0v) is 16.2. The number of hydrogen-bond acceptors (Lipinski definition) is 3. The lowest BCUT2D eigenvalue weighted by atomic mass is 10.1. The van der Waals surface area contributed by atoms with Crippen LogP contribution in [0.1, 0.15) is 88.8 Å². The maximum absolute atomic E-state index is 12.3. The molecule has 0 atom stereocenters. The molecule has 1 aromatic carbocycles. The molecule has 142 valence electrons. The molecule has 4 nitrogen and oxygen atoms in total. The van der Waals surface area contributed by atoms with E-state index in [9.17, 15) is 4.79 Å². The maximum atomic E-state index is 12.3. The first-order chi connectivity index (χ1) is 12.8. The van der Waals surface area contributed by atoms with Crippen molar-refractivity contribution in [2.45, 2.75) is 84.0 Å². The SMILES string of the molecule is CCC/C=C/CCCCCCCCCCC(=O)n1nnc2ccccc21. The van der Waals surface area contributed by atoms with Crippen molar-refractivity contribution < 1.29 is 4.79 Å². The molecule has 0 unspecified atom stereocenters. The van der Waals surface area contributed by atoms with E-state index in [0.717, 1.165) is 23.9 Å². The Balaban J connectivity index is 1.47. The van der Waals surface area contributed by atoms with E-state index in [1.165, 1.54) is 62.5 Å². The molecule has 0 aliphatic heterocycles. The summed E-state index contributed by atoms with van der Waals surface area (Å²) in [5.41, 5.74) is 1.59. The van der Waals surface area contributed by atoms with Gasteiger partial charge in [0.05, 0.1) is 5.52 Å². The van der Waals surface area contributed by atoms with Gasteiger partial charge in [-0.2, -0.15) is 4.68 Å². The van der Waals surface area contributed by atoms with Gasteiger partial charge in [0.25, 0.3) is 0 Å². The Kier molecular flexibility index (Phi) is 9.70. The van der Waals surface area contributed by atoms with Crippen molar-refractivity contribution in [1.29, 1.82) is 0 Å². The van der Waals surface area contributed by atoms with E-state index >= 15 is 0 Å². The van der Waals surface area contributed by atoms with Crippen LogP contribution in [0.4, 0.5) is 0 Å². The molecule has 0 fully saturated rings. The lowest BCUT2D eigenvalue weighted by molar-refractivity contribution is 0.0886. The summed E-state index contributed by atoms with van der Waals surface area (Å²) in [4.78, 5) is 12.3. The van der Waals surface area contributed by atoms with Crippen LogP contribution >= 0.6 is 0 Å². The molecule has 0 saturated heterocycles. The third kappa shape index (κ3) is 7.11. The number of hydrogen-bond donors (Lipinski definition) is 0. The minimum absolute atomic E-state index is 0.0508. The Hall–Kier alpha value is -1.97. The van der Waals surface area contributed by atoms with Crippen LogP contribution in [0.15, 0.2) is 36.4 Å². The molecule has 1 aromatic heterocycles. The van der Waals surface area contributed by atoms with Crippen molar-refractivity contribution in [1.82, 2.24) is 15.0 Å². The molecule has 0 N–H and O–H groups in total. The van der Waals surface area contributed by atoms with Crippen molar-refractivity contribution in [3.63, 3.8) is 0 Å². The molecule has 0 amide bonds. The molecular weight excluding hydrogens is 322 g/mol. The van der Waals surface area contributed by atoms with Crippen LogP contribution in [0.3, 0.4) is 0 Å². The number of carbonyl (C=O) groups is 1. The van der Waals surface area contributed by atoms with Crippen LogP contribution in [0.25, 0.3) is 11.0 Å². The van der Waals surface area contributed by atoms with Gasteiger partial charge >= 0.3 is 0 Å². The van der Waals surface area contributed by atoms with Crippen LogP contribution in [0.5, 0.6) is 0 Å². The van der Waals surface area contributed by atoms with Crippen molar-refractivity contribution in [2.24, 2.45) is 0 Å². The smallest absolute Gasteiger partial charge is 0.248 e. The van der Waals surface area contributed by atoms with Crippen LogP contribution in [-0.2, 0) is 0 Å². The first-order valence-electron chi connectivity index (χ1n) is 10.3. The number of nitrogens with zero attached hydrogens (tertiary/aromatic N) is 3. The van der Waals surface area contributed by atoms with Gasteiger partial charge in [0.1, 0.15) is 5.52 Å². The predicted octanol–water partition coefficient (Wildman–Crippen LogP) is 6.33. The van der Waals surface area contributed by atoms with E-state index in [2.05, 4.69) is 29.4 Å². The Bertz CT molecular complexity index is 675. The number of para-hydroxylation sites is 1. The second-order valence-electron chi connectivity index (χ2n) is 7.01. The van der Waals surface area contributed by atoms with Crippen molar-refractivity contribution in [2.75, 3.05) is 0 Å². The molecule has 2 aromatic rings. The fourth-order valence-corrected chi connectivity index (χ4v) is 3.16. The quantitative estimate of drug-likeness (QED) is 0.311. The maximum Gasteiger partial charge on any atom is 0.248 e. The summed E-state index contributed by atoms with van der Waals surface area (Å²) < 4.78 is 1.45. The van der Waals surface area contributed by atoms with E-state index in [0.29, 0.717) is 6.42 Å². The van der Waals surface area contributed by atoms with Crippen LogP contribution in [-0.4, -0.2) is 20.9 Å². The molecule has 26 heavy (non-hydrogen) atoms. The first kappa shape index (κ1) is 20.3. The first-order valence-corrected chi connectivity index (χ1v) is 10.3. The lowest BCUT2D eigenvalue weighted by Gasteiger charge is -2.03. The highest BCUT2D eigenvalue weighted by Crippen LogP contribution is 2.13. The molecule has 0 saturated carbocycles. The molecule has 1 heterocycles. The van der Waals surface area contributed by atoms with Gasteiger partial charge in [-0.3, -0.25) is 4.79 Å². The summed E-state index contributed by atoms with van der Waals surface area (Å²) >= 11 is 0. The minimum Gasteiger partial charge on any atom is -0.273 e. The lowest BCUT2D eigenvalue weighted by Crippen LogP contribution is -2.12. The highest BCUT2D eigenvalue weighted by molar-refractivity contribution is 5.88. The third-order valence-electron chi connectivity index (χ3n) is 4.72. The van der Waals surface area contributed by atoms with E-state index in [-0.39, 0.29) is 5.91 Å². The Morgan fingerprint density at radius 2 is 1.58 bits per heavy atom. The van der Waals surface area contributed by atoms with Crippen molar-refractivity contribution in [3.8, 4) is 0 Å². The Morgan fingerprint density at radius 3 is 2.35 bits per heavy atom. The second kappa shape index (κ2) is 12.4. The topological polar surface area (TPSA) is 47.8 Å². The molecular formula is C22H33N3O. The number of fused-ring (bicyclic) bond motifs is 1. The average Bonchev–Trinajstić information content (AvgIpc) is 3.09. The summed E-state index contributed by atoms with van der Waals surface area (Å²) in [7, 11) is 0. The number of carbonyl (C=O) groups excluding carboxylic acids is 1. The summed E-state index contributed by atoms with van der Waals surface area (Å²) in [6, 6.07) is 7.60. The van der Waals surface area contributed by atoms with Gasteiger partial charge in [-0.15, -0.1) is 5.10 Å². The summed E-state index contributed by atoms with van der Waals surface area (Å²) in [6.45, 7) is 2.22. The minimum atomic E-state index is 0.0508. The fourth-order valence-electron chi connectivity index (χ4n) is 3.16. The molecule has 0 spiro atoms. The number of benzene rings is 1. The number of rotatable bonds is 13. The fraction of sp³-hybridized carbons (Fsp3) is 0.591. The van der Waals surface area contributed by atoms with Crippen molar-refractivity contribution in [3.05, 3.63) is 36.4 Å².